The molecule has 0 unspecified atom stereocenters. The molecule has 3 N–H and O–H groups in total. The third kappa shape index (κ3) is 4.44. The van der Waals surface area contributed by atoms with Crippen LogP contribution in [-0.4, -0.2) is 36.9 Å². The van der Waals surface area contributed by atoms with E-state index < -0.39 is 0 Å². The summed E-state index contributed by atoms with van der Waals surface area (Å²) < 4.78 is 0. The second-order valence-electron chi connectivity index (χ2n) is 4.87. The van der Waals surface area contributed by atoms with Crippen molar-refractivity contribution < 1.29 is 9.59 Å². The molecule has 0 aliphatic heterocycles. The number of likely N-dealkylation sites (N-methyl/N-ethyl adjacent to an activating group) is 1. The maximum absolute atomic E-state index is 12.0. The van der Waals surface area contributed by atoms with E-state index >= 15 is 0 Å². The Hall–Kier alpha value is -2.11. The first-order valence-electron chi connectivity index (χ1n) is 6.79. The minimum absolute atomic E-state index is 0. The Morgan fingerprint density at radius 2 is 1.82 bits per heavy atom. The van der Waals surface area contributed by atoms with Crippen molar-refractivity contribution in [3.05, 3.63) is 48.0 Å². The summed E-state index contributed by atoms with van der Waals surface area (Å²) in [6.07, 6.45) is 0. The number of benzene rings is 2. The van der Waals surface area contributed by atoms with Gasteiger partial charge >= 0.3 is 0 Å². The summed E-state index contributed by atoms with van der Waals surface area (Å²) in [5, 5.41) is 4.76. The van der Waals surface area contributed by atoms with Crippen LogP contribution in [0.25, 0.3) is 10.8 Å². The lowest BCUT2D eigenvalue weighted by atomic mass is 10.0. The minimum Gasteiger partial charge on any atom is -0.346 e. The molecule has 0 bridgehead atoms. The van der Waals surface area contributed by atoms with Gasteiger partial charge in [0, 0.05) is 13.6 Å². The molecule has 6 heteroatoms. The number of amides is 2. The molecule has 5 nitrogen and oxygen atoms in total. The lowest BCUT2D eigenvalue weighted by molar-refractivity contribution is -0.131. The normalized spacial score (nSPS) is 9.91. The van der Waals surface area contributed by atoms with Crippen LogP contribution in [-0.2, 0) is 16.1 Å². The first-order valence-corrected chi connectivity index (χ1v) is 6.79. The summed E-state index contributed by atoms with van der Waals surface area (Å²) in [6, 6.07) is 14.1. The van der Waals surface area contributed by atoms with Crippen LogP contribution >= 0.6 is 12.4 Å². The van der Waals surface area contributed by atoms with Gasteiger partial charge in [-0.15, -0.1) is 12.4 Å². The van der Waals surface area contributed by atoms with Crippen molar-refractivity contribution in [1.29, 1.82) is 0 Å². The van der Waals surface area contributed by atoms with Crippen LogP contribution < -0.4 is 11.1 Å². The molecular formula is C16H20ClN3O2. The van der Waals surface area contributed by atoms with E-state index in [1.165, 1.54) is 0 Å². The lowest BCUT2D eigenvalue weighted by Gasteiger charge is -2.18. The van der Waals surface area contributed by atoms with Crippen LogP contribution in [0.15, 0.2) is 42.5 Å². The molecule has 0 heterocycles. The van der Waals surface area contributed by atoms with Crippen molar-refractivity contribution in [3.8, 4) is 0 Å². The third-order valence-corrected chi connectivity index (χ3v) is 3.34. The van der Waals surface area contributed by atoms with Crippen molar-refractivity contribution in [2.24, 2.45) is 5.73 Å². The van der Waals surface area contributed by atoms with E-state index in [0.29, 0.717) is 6.54 Å². The Kier molecular flexibility index (Phi) is 6.82. The van der Waals surface area contributed by atoms with E-state index in [1.54, 1.807) is 11.9 Å². The number of hydrogen-bond acceptors (Lipinski definition) is 3. The minimum atomic E-state index is -0.332. The van der Waals surface area contributed by atoms with Crippen LogP contribution in [0.2, 0.25) is 0 Å². The van der Waals surface area contributed by atoms with Crippen LogP contribution in [0.4, 0.5) is 0 Å². The molecule has 22 heavy (non-hydrogen) atoms. The monoisotopic (exact) mass is 321 g/mol. The second-order valence-corrected chi connectivity index (χ2v) is 4.87. The van der Waals surface area contributed by atoms with Crippen LogP contribution in [0.5, 0.6) is 0 Å². The van der Waals surface area contributed by atoms with Crippen LogP contribution in [0.3, 0.4) is 0 Å². The number of carbonyl (C=O) groups excluding carboxylic acids is 2. The highest BCUT2D eigenvalue weighted by Gasteiger charge is 2.11. The predicted octanol–water partition coefficient (Wildman–Crippen LogP) is 1.29. The largest absolute Gasteiger partial charge is 0.346 e. The standard InChI is InChI=1S/C16H19N3O2.ClH/c1-19(16(21)10-18-15(20)9-17)11-13-7-4-6-12-5-2-3-8-14(12)13;/h2-8H,9-11,17H2,1H3,(H,18,20);1H. The molecule has 0 aliphatic carbocycles. The zero-order chi connectivity index (χ0) is 15.2. The number of rotatable bonds is 5. The molecule has 0 saturated carbocycles. The van der Waals surface area contributed by atoms with E-state index in [1.807, 2.05) is 42.5 Å². The summed E-state index contributed by atoms with van der Waals surface area (Å²) in [7, 11) is 1.72. The van der Waals surface area contributed by atoms with Gasteiger partial charge in [0.25, 0.3) is 0 Å². The van der Waals surface area contributed by atoms with Crippen molar-refractivity contribution in [1.82, 2.24) is 10.2 Å². The molecule has 0 aromatic heterocycles. The molecule has 0 radical (unpaired) electrons. The maximum atomic E-state index is 12.0. The van der Waals surface area contributed by atoms with Gasteiger partial charge in [-0.25, -0.2) is 0 Å². The lowest BCUT2D eigenvalue weighted by Crippen LogP contribution is -2.40. The summed E-state index contributed by atoms with van der Waals surface area (Å²) in [5.41, 5.74) is 6.26. The Labute approximate surface area is 135 Å². The molecule has 0 atom stereocenters. The molecule has 2 aromatic carbocycles. The summed E-state index contributed by atoms with van der Waals surface area (Å²) in [6.45, 7) is 0.357. The first kappa shape index (κ1) is 17.9. The van der Waals surface area contributed by atoms with Gasteiger partial charge in [-0.2, -0.15) is 0 Å². The van der Waals surface area contributed by atoms with E-state index in [9.17, 15) is 9.59 Å². The molecule has 2 rings (SSSR count). The summed E-state index contributed by atoms with van der Waals surface area (Å²) in [4.78, 5) is 24.6. The maximum Gasteiger partial charge on any atom is 0.242 e. The molecule has 0 fully saturated rings. The molecule has 2 amide bonds. The van der Waals surface area contributed by atoms with Gasteiger partial charge in [0.15, 0.2) is 0 Å². The zero-order valence-electron chi connectivity index (χ0n) is 12.4. The molecule has 0 spiro atoms. The van der Waals surface area contributed by atoms with Gasteiger partial charge in [-0.3, -0.25) is 9.59 Å². The smallest absolute Gasteiger partial charge is 0.242 e. The van der Waals surface area contributed by atoms with Gasteiger partial charge in [0.2, 0.25) is 11.8 Å². The van der Waals surface area contributed by atoms with Gasteiger partial charge in [-0.05, 0) is 16.3 Å². The SMILES string of the molecule is CN(Cc1cccc2ccccc12)C(=O)CNC(=O)CN.Cl. The van der Waals surface area contributed by atoms with Gasteiger partial charge in [-0.1, -0.05) is 42.5 Å². The van der Waals surface area contributed by atoms with Crippen LogP contribution in [0.1, 0.15) is 5.56 Å². The summed E-state index contributed by atoms with van der Waals surface area (Å²) >= 11 is 0. The number of fused-ring (bicyclic) bond motifs is 1. The average molecular weight is 322 g/mol. The molecule has 2 aromatic rings. The van der Waals surface area contributed by atoms with E-state index in [4.69, 9.17) is 5.73 Å². The number of nitrogens with two attached hydrogens (primary N) is 1. The second kappa shape index (κ2) is 8.36. The highest BCUT2D eigenvalue weighted by atomic mass is 35.5. The van der Waals surface area contributed by atoms with Crippen molar-refractivity contribution in [2.45, 2.75) is 6.54 Å². The molecule has 118 valence electrons. The number of nitrogens with zero attached hydrogens (tertiary/aromatic N) is 1. The Balaban J connectivity index is 0.00000242. The van der Waals surface area contributed by atoms with Crippen molar-refractivity contribution in [3.63, 3.8) is 0 Å². The van der Waals surface area contributed by atoms with Gasteiger partial charge < -0.3 is 16.0 Å². The van der Waals surface area contributed by atoms with Gasteiger partial charge in [0.1, 0.15) is 0 Å². The van der Waals surface area contributed by atoms with Crippen molar-refractivity contribution >= 4 is 35.0 Å². The third-order valence-electron chi connectivity index (χ3n) is 3.34. The van der Waals surface area contributed by atoms with E-state index in [2.05, 4.69) is 5.32 Å². The highest BCUT2D eigenvalue weighted by Crippen LogP contribution is 2.19. The fourth-order valence-corrected chi connectivity index (χ4v) is 2.16. The quantitative estimate of drug-likeness (QED) is 0.871. The number of carbonyl (C=O) groups is 2. The molecule has 0 aliphatic rings. The predicted molar refractivity (Wildman–Crippen MR) is 89.7 cm³/mol. The first-order chi connectivity index (χ1) is 10.1. The van der Waals surface area contributed by atoms with E-state index in [-0.39, 0.29) is 37.3 Å². The fourth-order valence-electron chi connectivity index (χ4n) is 2.16. The summed E-state index contributed by atoms with van der Waals surface area (Å²) in [5.74, 6) is -0.480. The molecule has 0 saturated heterocycles. The molecular weight excluding hydrogens is 302 g/mol. The van der Waals surface area contributed by atoms with Crippen molar-refractivity contribution in [2.75, 3.05) is 20.1 Å². The Morgan fingerprint density at radius 1 is 1.14 bits per heavy atom. The number of hydrogen-bond donors (Lipinski definition) is 2. The van der Waals surface area contributed by atoms with E-state index in [0.717, 1.165) is 16.3 Å². The zero-order valence-corrected chi connectivity index (χ0v) is 13.2. The highest BCUT2D eigenvalue weighted by molar-refractivity contribution is 5.87. The topological polar surface area (TPSA) is 75.4 Å². The Bertz CT molecular complexity index is 655. The number of halogens is 1. The Morgan fingerprint density at radius 3 is 2.55 bits per heavy atom. The average Bonchev–Trinajstić information content (AvgIpc) is 2.52. The van der Waals surface area contributed by atoms with Gasteiger partial charge in [0.05, 0.1) is 13.1 Å². The number of nitrogens with one attached hydrogen (secondary N) is 1. The fraction of sp³-hybridized carbons (Fsp3) is 0.250. The van der Waals surface area contributed by atoms with Crippen LogP contribution in [0, 0.1) is 0 Å².